The Morgan fingerprint density at radius 2 is 1.24 bits per heavy atom. The second-order valence-corrected chi connectivity index (χ2v) is 14.0. The summed E-state index contributed by atoms with van der Waals surface area (Å²) < 4.78 is 4.89. The van der Waals surface area contributed by atoms with E-state index >= 15 is 0 Å². The minimum atomic E-state index is -0.00499. The number of hydrogen-bond acceptors (Lipinski definition) is 0. The Morgan fingerprint density at radius 1 is 0.667 bits per heavy atom. The Kier molecular flexibility index (Phi) is 7.96. The summed E-state index contributed by atoms with van der Waals surface area (Å²) in [4.78, 5) is 0. The van der Waals surface area contributed by atoms with Gasteiger partial charge in [0.25, 0.3) is 5.82 Å². The van der Waals surface area contributed by atoms with E-state index in [0.29, 0.717) is 17.8 Å². The Balaban J connectivity index is 1.92. The number of fused-ring (bicyclic) bond motifs is 1. The standard InChI is InChI=1S/C40H49N2/c1-25(2)30-21-33(26(3)4)39(34(22-30)27(5)6)31-23-35(40(9,10)11)28(7)38(24-31)42-29(8)41(32-17-13-12-14-18-32)36-19-15-16-20-37(36)42/h12-27H,1-11H3/q+1. The van der Waals surface area contributed by atoms with Crippen LogP contribution in [0.15, 0.2) is 78.9 Å². The molecule has 0 radical (unpaired) electrons. The van der Waals surface area contributed by atoms with Gasteiger partial charge in [-0.1, -0.05) is 111 Å². The molecule has 0 unspecified atom stereocenters. The van der Waals surface area contributed by atoms with E-state index in [4.69, 9.17) is 0 Å². The van der Waals surface area contributed by atoms with E-state index < -0.39 is 0 Å². The summed E-state index contributed by atoms with van der Waals surface area (Å²) in [6, 6.07) is 29.5. The van der Waals surface area contributed by atoms with E-state index in [1.165, 1.54) is 67.2 Å². The van der Waals surface area contributed by atoms with Gasteiger partial charge in [-0.05, 0) is 93.8 Å². The molecule has 0 fully saturated rings. The van der Waals surface area contributed by atoms with Crippen LogP contribution in [0.5, 0.6) is 0 Å². The van der Waals surface area contributed by atoms with E-state index in [1.807, 2.05) is 0 Å². The first-order valence-corrected chi connectivity index (χ1v) is 15.7. The number of benzene rings is 4. The van der Waals surface area contributed by atoms with Crippen molar-refractivity contribution in [2.75, 3.05) is 0 Å². The molecule has 0 atom stereocenters. The molecule has 0 saturated carbocycles. The van der Waals surface area contributed by atoms with Crippen molar-refractivity contribution in [3.63, 3.8) is 0 Å². The molecule has 0 N–H and O–H groups in total. The molecule has 0 spiro atoms. The van der Waals surface area contributed by atoms with Gasteiger partial charge in [-0.25, -0.2) is 0 Å². The van der Waals surface area contributed by atoms with Gasteiger partial charge in [0.1, 0.15) is 11.4 Å². The first kappa shape index (κ1) is 29.8. The van der Waals surface area contributed by atoms with Gasteiger partial charge < -0.3 is 0 Å². The molecule has 218 valence electrons. The predicted octanol–water partition coefficient (Wildman–Crippen LogP) is 10.9. The molecule has 2 heteroatoms. The molecule has 0 aliphatic rings. The van der Waals surface area contributed by atoms with Crippen LogP contribution < -0.4 is 4.57 Å². The van der Waals surface area contributed by atoms with Crippen LogP contribution in [0.1, 0.15) is 114 Å². The molecule has 0 bridgehead atoms. The summed E-state index contributed by atoms with van der Waals surface area (Å²) in [6.07, 6.45) is 0. The SMILES string of the molecule is Cc1c(-[n+]2c(C)n(-c3ccccc3)c3ccccc32)cc(-c2c(C(C)C)cc(C(C)C)cc2C(C)C)cc1C(C)(C)C. The van der Waals surface area contributed by atoms with Gasteiger partial charge in [0.05, 0.1) is 0 Å². The van der Waals surface area contributed by atoms with Crippen molar-refractivity contribution in [1.82, 2.24) is 4.57 Å². The van der Waals surface area contributed by atoms with E-state index in [-0.39, 0.29) is 5.41 Å². The fourth-order valence-electron chi connectivity index (χ4n) is 6.64. The van der Waals surface area contributed by atoms with Crippen LogP contribution in [-0.4, -0.2) is 4.57 Å². The maximum Gasteiger partial charge on any atom is 0.264 e. The van der Waals surface area contributed by atoms with Crippen molar-refractivity contribution in [3.05, 3.63) is 113 Å². The molecule has 5 rings (SSSR count). The average Bonchev–Trinajstić information content (AvgIpc) is 3.23. The van der Waals surface area contributed by atoms with Crippen LogP contribution in [0.2, 0.25) is 0 Å². The van der Waals surface area contributed by atoms with E-state index in [1.54, 1.807) is 0 Å². The number of rotatable bonds is 6. The molecule has 42 heavy (non-hydrogen) atoms. The van der Waals surface area contributed by atoms with Gasteiger partial charge in [0.2, 0.25) is 0 Å². The van der Waals surface area contributed by atoms with Crippen LogP contribution >= 0.6 is 0 Å². The largest absolute Gasteiger partial charge is 0.264 e. The zero-order valence-electron chi connectivity index (χ0n) is 27.6. The molecule has 1 aromatic heterocycles. The van der Waals surface area contributed by atoms with E-state index in [2.05, 4.69) is 164 Å². The van der Waals surface area contributed by atoms with Crippen molar-refractivity contribution in [1.29, 1.82) is 0 Å². The highest BCUT2D eigenvalue weighted by Crippen LogP contribution is 2.42. The fraction of sp³-hybridized carbons (Fsp3) is 0.375. The first-order chi connectivity index (χ1) is 19.8. The fourth-order valence-corrected chi connectivity index (χ4v) is 6.64. The summed E-state index contributed by atoms with van der Waals surface area (Å²) in [5.41, 5.74) is 14.7. The van der Waals surface area contributed by atoms with Gasteiger partial charge in [-0.2, -0.15) is 9.13 Å². The third-order valence-corrected chi connectivity index (χ3v) is 8.88. The second-order valence-electron chi connectivity index (χ2n) is 14.0. The lowest BCUT2D eigenvalue weighted by Gasteiger charge is -2.27. The molecule has 0 amide bonds. The number of hydrogen-bond donors (Lipinski definition) is 0. The topological polar surface area (TPSA) is 8.81 Å². The highest BCUT2D eigenvalue weighted by atomic mass is 15.2. The summed E-state index contributed by atoms with van der Waals surface area (Å²) in [7, 11) is 0. The zero-order chi connectivity index (χ0) is 30.5. The van der Waals surface area contributed by atoms with Crippen molar-refractivity contribution < 1.29 is 4.57 Å². The Hall–Kier alpha value is -3.65. The highest BCUT2D eigenvalue weighted by molar-refractivity contribution is 5.78. The molecule has 0 aliphatic heterocycles. The zero-order valence-corrected chi connectivity index (χ0v) is 27.6. The summed E-state index contributed by atoms with van der Waals surface area (Å²) in [5.74, 6) is 2.54. The van der Waals surface area contributed by atoms with Crippen molar-refractivity contribution in [2.24, 2.45) is 0 Å². The van der Waals surface area contributed by atoms with Crippen LogP contribution in [-0.2, 0) is 5.41 Å². The van der Waals surface area contributed by atoms with Gasteiger partial charge >= 0.3 is 0 Å². The van der Waals surface area contributed by atoms with E-state index in [0.717, 1.165) is 0 Å². The number of aromatic nitrogens is 2. The Labute approximate surface area is 254 Å². The highest BCUT2D eigenvalue weighted by Gasteiger charge is 2.30. The van der Waals surface area contributed by atoms with Crippen LogP contribution in [0.3, 0.4) is 0 Å². The first-order valence-electron chi connectivity index (χ1n) is 15.7. The smallest absolute Gasteiger partial charge is 0.192 e. The van der Waals surface area contributed by atoms with Crippen molar-refractivity contribution in [2.45, 2.75) is 99.3 Å². The normalized spacial score (nSPS) is 12.3. The molecule has 0 aliphatic carbocycles. The van der Waals surface area contributed by atoms with Gasteiger partial charge in [0.15, 0.2) is 11.0 Å². The van der Waals surface area contributed by atoms with Crippen molar-refractivity contribution in [3.8, 4) is 22.5 Å². The maximum absolute atomic E-state index is 2.49. The Morgan fingerprint density at radius 3 is 1.79 bits per heavy atom. The van der Waals surface area contributed by atoms with Crippen LogP contribution in [0, 0.1) is 13.8 Å². The maximum atomic E-state index is 2.49. The molecule has 5 aromatic rings. The summed E-state index contributed by atoms with van der Waals surface area (Å²) >= 11 is 0. The molecular weight excluding hydrogens is 508 g/mol. The number of para-hydroxylation sites is 3. The summed E-state index contributed by atoms with van der Waals surface area (Å²) in [5, 5.41) is 0. The molecule has 2 nitrogen and oxygen atoms in total. The lowest BCUT2D eigenvalue weighted by atomic mass is 9.78. The third kappa shape index (κ3) is 5.21. The monoisotopic (exact) mass is 557 g/mol. The van der Waals surface area contributed by atoms with Gasteiger partial charge in [-0.3, -0.25) is 0 Å². The molecule has 0 saturated heterocycles. The second kappa shape index (κ2) is 11.2. The third-order valence-electron chi connectivity index (χ3n) is 8.88. The van der Waals surface area contributed by atoms with Crippen LogP contribution in [0.4, 0.5) is 0 Å². The molecule has 4 aromatic carbocycles. The molecule has 1 heterocycles. The molecular formula is C40H49N2+. The summed E-state index contributed by atoms with van der Waals surface area (Å²) in [6.45, 7) is 25.6. The number of imidazole rings is 1. The van der Waals surface area contributed by atoms with Gasteiger partial charge in [0, 0.05) is 12.5 Å². The average molecular weight is 558 g/mol. The minimum absolute atomic E-state index is 0.00499. The van der Waals surface area contributed by atoms with E-state index in [9.17, 15) is 0 Å². The lowest BCUT2D eigenvalue weighted by molar-refractivity contribution is -0.575. The van der Waals surface area contributed by atoms with Crippen molar-refractivity contribution >= 4 is 11.0 Å². The van der Waals surface area contributed by atoms with Gasteiger partial charge in [-0.15, -0.1) is 0 Å². The minimum Gasteiger partial charge on any atom is -0.192 e. The Bertz CT molecular complexity index is 1710. The predicted molar refractivity (Wildman–Crippen MR) is 181 cm³/mol. The number of nitrogens with zero attached hydrogens (tertiary/aromatic N) is 2. The van der Waals surface area contributed by atoms with Crippen LogP contribution in [0.25, 0.3) is 33.5 Å². The quantitative estimate of drug-likeness (QED) is 0.184. The lowest BCUT2D eigenvalue weighted by Crippen LogP contribution is -2.35.